The van der Waals surface area contributed by atoms with E-state index in [-0.39, 0.29) is 5.91 Å². The molecular formula is C19H26N6O. The zero-order valence-corrected chi connectivity index (χ0v) is 15.4. The number of amides is 1. The maximum atomic E-state index is 12.4. The highest BCUT2D eigenvalue weighted by Crippen LogP contribution is 2.22. The first-order chi connectivity index (χ1) is 12.6. The number of nitrogens with one attached hydrogen (secondary N) is 2. The molecule has 2 heterocycles. The van der Waals surface area contributed by atoms with Gasteiger partial charge in [-0.15, -0.1) is 0 Å². The lowest BCUT2D eigenvalue weighted by Gasteiger charge is -2.17. The van der Waals surface area contributed by atoms with E-state index in [1.165, 1.54) is 24.9 Å². The van der Waals surface area contributed by atoms with Crippen LogP contribution in [0.2, 0.25) is 0 Å². The van der Waals surface area contributed by atoms with E-state index in [0.717, 1.165) is 31.9 Å². The standard InChI is InChI=1S/C19H26N6O/c1-24(2)12-9-20-18-13-17(21-14-22-18)19(26)23-15-5-7-16(8-6-15)25-10-3-4-11-25/h5-8,13-14H,3-4,9-12H2,1-2H3,(H,23,26)(H,20,21,22). The zero-order valence-electron chi connectivity index (χ0n) is 15.4. The third-order valence-corrected chi connectivity index (χ3v) is 4.36. The van der Waals surface area contributed by atoms with Crippen LogP contribution in [0.3, 0.4) is 0 Å². The van der Waals surface area contributed by atoms with Crippen molar-refractivity contribution < 1.29 is 4.79 Å². The summed E-state index contributed by atoms with van der Waals surface area (Å²) in [5, 5.41) is 6.09. The number of likely N-dealkylation sites (N-methyl/N-ethyl adjacent to an activating group) is 1. The Morgan fingerprint density at radius 1 is 1.15 bits per heavy atom. The van der Waals surface area contributed by atoms with Gasteiger partial charge in [-0.3, -0.25) is 4.79 Å². The van der Waals surface area contributed by atoms with Crippen LogP contribution in [0.25, 0.3) is 0 Å². The molecule has 1 amide bonds. The number of hydrogen-bond donors (Lipinski definition) is 2. The third kappa shape index (κ3) is 4.92. The Hall–Kier alpha value is -2.67. The molecule has 1 saturated heterocycles. The molecule has 7 nitrogen and oxygen atoms in total. The van der Waals surface area contributed by atoms with E-state index < -0.39 is 0 Å². The quantitative estimate of drug-likeness (QED) is 0.795. The first kappa shape index (κ1) is 18.1. The molecule has 0 saturated carbocycles. The Morgan fingerprint density at radius 3 is 2.58 bits per heavy atom. The molecule has 0 spiro atoms. The van der Waals surface area contributed by atoms with Gasteiger partial charge in [-0.25, -0.2) is 9.97 Å². The molecule has 1 aromatic carbocycles. The second-order valence-corrected chi connectivity index (χ2v) is 6.71. The minimum absolute atomic E-state index is 0.239. The highest BCUT2D eigenvalue weighted by atomic mass is 16.1. The number of carbonyl (C=O) groups is 1. The highest BCUT2D eigenvalue weighted by Gasteiger charge is 2.13. The van der Waals surface area contributed by atoms with Crippen LogP contribution in [0, 0.1) is 0 Å². The third-order valence-electron chi connectivity index (χ3n) is 4.36. The Balaban J connectivity index is 1.58. The lowest BCUT2D eigenvalue weighted by atomic mass is 10.2. The fourth-order valence-corrected chi connectivity index (χ4v) is 2.91. The molecule has 1 aliphatic heterocycles. The normalized spacial score (nSPS) is 13.9. The van der Waals surface area contributed by atoms with E-state index >= 15 is 0 Å². The SMILES string of the molecule is CN(C)CCNc1cc(C(=O)Nc2ccc(N3CCCC3)cc2)ncn1. The van der Waals surface area contributed by atoms with Gasteiger partial charge < -0.3 is 20.4 Å². The number of anilines is 3. The van der Waals surface area contributed by atoms with Crippen molar-refractivity contribution in [2.75, 3.05) is 55.8 Å². The van der Waals surface area contributed by atoms with Crippen LogP contribution in [0.4, 0.5) is 17.2 Å². The van der Waals surface area contributed by atoms with E-state index in [4.69, 9.17) is 0 Å². The first-order valence-electron chi connectivity index (χ1n) is 8.99. The Labute approximate surface area is 154 Å². The van der Waals surface area contributed by atoms with Gasteiger partial charge in [-0.05, 0) is 51.2 Å². The molecule has 1 aliphatic rings. The molecule has 1 fully saturated rings. The summed E-state index contributed by atoms with van der Waals surface area (Å²) in [4.78, 5) is 25.1. The number of carbonyl (C=O) groups excluding carboxylic acids is 1. The van der Waals surface area contributed by atoms with Crippen molar-refractivity contribution in [3.63, 3.8) is 0 Å². The summed E-state index contributed by atoms with van der Waals surface area (Å²) in [6.45, 7) is 3.85. The van der Waals surface area contributed by atoms with Gasteiger partial charge in [0.25, 0.3) is 5.91 Å². The average Bonchev–Trinajstić information content (AvgIpc) is 3.17. The molecule has 0 atom stereocenters. The van der Waals surface area contributed by atoms with Crippen molar-refractivity contribution in [3.05, 3.63) is 42.4 Å². The zero-order chi connectivity index (χ0) is 18.4. The minimum atomic E-state index is -0.239. The summed E-state index contributed by atoms with van der Waals surface area (Å²) >= 11 is 0. The number of hydrogen-bond acceptors (Lipinski definition) is 6. The lowest BCUT2D eigenvalue weighted by molar-refractivity contribution is 0.102. The second kappa shape index (κ2) is 8.62. The summed E-state index contributed by atoms with van der Waals surface area (Å²) in [5.41, 5.74) is 2.31. The molecule has 0 unspecified atom stereocenters. The van der Waals surface area contributed by atoms with Crippen molar-refractivity contribution in [2.45, 2.75) is 12.8 Å². The van der Waals surface area contributed by atoms with Gasteiger partial charge in [-0.2, -0.15) is 0 Å². The van der Waals surface area contributed by atoms with E-state index in [0.29, 0.717) is 11.5 Å². The van der Waals surface area contributed by atoms with Gasteiger partial charge in [0.05, 0.1) is 0 Å². The molecular weight excluding hydrogens is 328 g/mol. The molecule has 2 aromatic rings. The molecule has 3 rings (SSSR count). The summed E-state index contributed by atoms with van der Waals surface area (Å²) in [5.74, 6) is 0.411. The molecule has 7 heteroatoms. The Bertz CT molecular complexity index is 725. The Morgan fingerprint density at radius 2 is 1.88 bits per heavy atom. The molecule has 0 aliphatic carbocycles. The van der Waals surface area contributed by atoms with Gasteiger partial charge in [0.1, 0.15) is 17.8 Å². The van der Waals surface area contributed by atoms with Crippen molar-refractivity contribution in [1.29, 1.82) is 0 Å². The molecule has 2 N–H and O–H groups in total. The second-order valence-electron chi connectivity index (χ2n) is 6.71. The molecule has 138 valence electrons. The van der Waals surface area contributed by atoms with E-state index in [9.17, 15) is 4.79 Å². The van der Waals surface area contributed by atoms with Crippen LogP contribution < -0.4 is 15.5 Å². The smallest absolute Gasteiger partial charge is 0.274 e. The van der Waals surface area contributed by atoms with Gasteiger partial charge in [0.2, 0.25) is 0 Å². The number of aromatic nitrogens is 2. The van der Waals surface area contributed by atoms with Crippen LogP contribution in [-0.2, 0) is 0 Å². The van der Waals surface area contributed by atoms with Gasteiger partial charge in [0, 0.05) is 43.6 Å². The number of nitrogens with zero attached hydrogens (tertiary/aromatic N) is 4. The summed E-state index contributed by atoms with van der Waals surface area (Å²) in [6.07, 6.45) is 3.90. The van der Waals surface area contributed by atoms with Crippen LogP contribution in [0.15, 0.2) is 36.7 Å². The van der Waals surface area contributed by atoms with Crippen molar-refractivity contribution in [3.8, 4) is 0 Å². The first-order valence-corrected chi connectivity index (χ1v) is 8.99. The van der Waals surface area contributed by atoms with E-state index in [1.807, 2.05) is 26.2 Å². The van der Waals surface area contributed by atoms with Gasteiger partial charge >= 0.3 is 0 Å². The molecule has 26 heavy (non-hydrogen) atoms. The summed E-state index contributed by atoms with van der Waals surface area (Å²) in [7, 11) is 4.02. The van der Waals surface area contributed by atoms with Gasteiger partial charge in [-0.1, -0.05) is 0 Å². The van der Waals surface area contributed by atoms with Crippen molar-refractivity contribution in [2.24, 2.45) is 0 Å². The van der Waals surface area contributed by atoms with Crippen LogP contribution in [0.1, 0.15) is 23.3 Å². The summed E-state index contributed by atoms with van der Waals surface area (Å²) < 4.78 is 0. The average molecular weight is 354 g/mol. The van der Waals surface area contributed by atoms with Crippen molar-refractivity contribution >= 4 is 23.1 Å². The van der Waals surface area contributed by atoms with E-state index in [2.05, 4.69) is 42.5 Å². The maximum Gasteiger partial charge on any atom is 0.274 e. The van der Waals surface area contributed by atoms with Crippen molar-refractivity contribution in [1.82, 2.24) is 14.9 Å². The topological polar surface area (TPSA) is 73.4 Å². The lowest BCUT2D eigenvalue weighted by Crippen LogP contribution is -2.21. The summed E-state index contributed by atoms with van der Waals surface area (Å²) in [6, 6.07) is 9.64. The molecule has 0 bridgehead atoms. The predicted octanol–water partition coefficient (Wildman–Crippen LogP) is 2.30. The van der Waals surface area contributed by atoms with Crippen LogP contribution >= 0.6 is 0 Å². The molecule has 0 radical (unpaired) electrons. The fraction of sp³-hybridized carbons (Fsp3) is 0.421. The van der Waals surface area contributed by atoms with Crippen LogP contribution in [0.5, 0.6) is 0 Å². The number of benzene rings is 1. The Kier molecular flexibility index (Phi) is 6.01. The largest absolute Gasteiger partial charge is 0.372 e. The van der Waals surface area contributed by atoms with Gasteiger partial charge in [0.15, 0.2) is 0 Å². The predicted molar refractivity (Wildman–Crippen MR) is 105 cm³/mol. The fourth-order valence-electron chi connectivity index (χ4n) is 2.91. The maximum absolute atomic E-state index is 12.4. The monoisotopic (exact) mass is 354 g/mol. The number of rotatable bonds is 7. The van der Waals surface area contributed by atoms with E-state index in [1.54, 1.807) is 6.07 Å². The van der Waals surface area contributed by atoms with Crippen LogP contribution in [-0.4, -0.2) is 61.0 Å². The molecule has 1 aromatic heterocycles. The minimum Gasteiger partial charge on any atom is -0.372 e. The highest BCUT2D eigenvalue weighted by molar-refractivity contribution is 6.03.